The second-order valence-electron chi connectivity index (χ2n) is 8.61. The molecule has 1 aliphatic rings. The van der Waals surface area contributed by atoms with Gasteiger partial charge in [0.1, 0.15) is 18.0 Å². The second kappa shape index (κ2) is 9.31. The number of alkyl carbamates (subject to hydrolysis) is 1. The van der Waals surface area contributed by atoms with Gasteiger partial charge in [-0.3, -0.25) is 0 Å². The molecule has 0 unspecified atom stereocenters. The first-order valence-corrected chi connectivity index (χ1v) is 10.3. The number of aryl methyl sites for hydroxylation is 1. The third-order valence-corrected chi connectivity index (χ3v) is 4.63. The maximum Gasteiger partial charge on any atom is 0.407 e. The summed E-state index contributed by atoms with van der Waals surface area (Å²) < 4.78 is 11.2. The molecule has 2 N–H and O–H groups in total. The summed E-state index contributed by atoms with van der Waals surface area (Å²) in [5.41, 5.74) is 4.28. The number of rotatable bonds is 8. The zero-order valence-electron chi connectivity index (χ0n) is 17.9. The molecule has 5 nitrogen and oxygen atoms in total. The molecule has 0 bridgehead atoms. The Labute approximate surface area is 173 Å². The molecule has 2 aromatic rings. The lowest BCUT2D eigenvalue weighted by atomic mass is 9.98. The number of hydrogen-bond acceptors (Lipinski definition) is 4. The van der Waals surface area contributed by atoms with E-state index in [-0.39, 0.29) is 0 Å². The minimum Gasteiger partial charge on any atom is -0.492 e. The zero-order valence-corrected chi connectivity index (χ0v) is 17.9. The van der Waals surface area contributed by atoms with E-state index in [1.807, 2.05) is 20.8 Å². The average Bonchev–Trinajstić information content (AvgIpc) is 3.47. The molecule has 2 aromatic carbocycles. The lowest BCUT2D eigenvalue weighted by Gasteiger charge is -2.19. The minimum atomic E-state index is -0.504. The number of carbonyl (C=O) groups is 1. The van der Waals surface area contributed by atoms with Gasteiger partial charge in [0.2, 0.25) is 0 Å². The van der Waals surface area contributed by atoms with Crippen molar-refractivity contribution in [3.8, 4) is 16.9 Å². The average molecular weight is 397 g/mol. The quantitative estimate of drug-likeness (QED) is 0.628. The summed E-state index contributed by atoms with van der Waals surface area (Å²) in [4.78, 5) is 11.8. The minimum absolute atomic E-state index is 0.381. The van der Waals surface area contributed by atoms with Gasteiger partial charge in [-0.15, -0.1) is 0 Å². The van der Waals surface area contributed by atoms with E-state index in [0.29, 0.717) is 19.2 Å². The Balaban J connectivity index is 1.65. The normalized spacial score (nSPS) is 13.8. The van der Waals surface area contributed by atoms with E-state index in [1.54, 1.807) is 0 Å². The molecule has 156 valence electrons. The van der Waals surface area contributed by atoms with E-state index < -0.39 is 11.7 Å². The van der Waals surface area contributed by atoms with Gasteiger partial charge in [0.05, 0.1) is 6.54 Å². The van der Waals surface area contributed by atoms with Crippen LogP contribution in [-0.4, -0.2) is 30.9 Å². The highest BCUT2D eigenvalue weighted by Gasteiger charge is 2.20. The molecule has 0 aromatic heterocycles. The molecule has 1 saturated carbocycles. The van der Waals surface area contributed by atoms with Crippen molar-refractivity contribution in [1.29, 1.82) is 0 Å². The van der Waals surface area contributed by atoms with Crippen molar-refractivity contribution in [2.45, 2.75) is 58.7 Å². The smallest absolute Gasteiger partial charge is 0.407 e. The summed E-state index contributed by atoms with van der Waals surface area (Å²) >= 11 is 0. The number of carbonyl (C=O) groups excluding carboxylic acids is 1. The standard InChI is InChI=1S/C24H32N2O3/c1-17-7-5-6-8-22(17)19-13-18(16-26-20-9-10-20)14-21(15-19)28-12-11-25-23(27)29-24(2,3)4/h5-8,13-15,20,26H,9-12,16H2,1-4H3,(H,25,27). The molecule has 3 rings (SSSR count). The first-order valence-electron chi connectivity index (χ1n) is 10.3. The number of ether oxygens (including phenoxy) is 2. The Morgan fingerprint density at radius 1 is 1.14 bits per heavy atom. The highest BCUT2D eigenvalue weighted by molar-refractivity contribution is 5.69. The molecule has 0 aliphatic heterocycles. The predicted octanol–water partition coefficient (Wildman–Crippen LogP) is 4.82. The van der Waals surface area contributed by atoms with E-state index in [1.165, 1.54) is 29.5 Å². The first-order chi connectivity index (χ1) is 13.8. The molecule has 0 spiro atoms. The van der Waals surface area contributed by atoms with Gasteiger partial charge in [-0.05, 0) is 81.0 Å². The van der Waals surface area contributed by atoms with Crippen LogP contribution < -0.4 is 15.4 Å². The van der Waals surface area contributed by atoms with Crippen LogP contribution in [0, 0.1) is 6.92 Å². The summed E-state index contributed by atoms with van der Waals surface area (Å²) in [7, 11) is 0. The first kappa shape index (κ1) is 21.2. The summed E-state index contributed by atoms with van der Waals surface area (Å²) in [6.07, 6.45) is 2.10. The summed E-state index contributed by atoms with van der Waals surface area (Å²) in [5.74, 6) is 0.810. The van der Waals surface area contributed by atoms with Gasteiger partial charge in [0, 0.05) is 12.6 Å². The van der Waals surface area contributed by atoms with E-state index in [9.17, 15) is 4.79 Å². The fourth-order valence-electron chi connectivity index (χ4n) is 3.08. The monoisotopic (exact) mass is 396 g/mol. The molecule has 0 heterocycles. The van der Waals surface area contributed by atoms with Crippen molar-refractivity contribution in [1.82, 2.24) is 10.6 Å². The topological polar surface area (TPSA) is 59.6 Å². The molecule has 29 heavy (non-hydrogen) atoms. The molecular formula is C24H32N2O3. The van der Waals surface area contributed by atoms with Crippen LogP contribution in [-0.2, 0) is 11.3 Å². The lowest BCUT2D eigenvalue weighted by Crippen LogP contribution is -2.34. The molecule has 1 amide bonds. The maximum absolute atomic E-state index is 11.8. The Kier molecular flexibility index (Phi) is 6.80. The SMILES string of the molecule is Cc1ccccc1-c1cc(CNC2CC2)cc(OCCNC(=O)OC(C)(C)C)c1. The summed E-state index contributed by atoms with van der Waals surface area (Å²) in [5, 5.41) is 6.30. The summed E-state index contributed by atoms with van der Waals surface area (Å²) in [6.45, 7) is 9.25. The number of nitrogens with one attached hydrogen (secondary N) is 2. The predicted molar refractivity (Wildman–Crippen MR) is 116 cm³/mol. The van der Waals surface area contributed by atoms with Crippen LogP contribution in [0.25, 0.3) is 11.1 Å². The maximum atomic E-state index is 11.8. The van der Waals surface area contributed by atoms with Gasteiger partial charge in [-0.1, -0.05) is 24.3 Å². The van der Waals surface area contributed by atoms with Crippen LogP contribution in [0.15, 0.2) is 42.5 Å². The lowest BCUT2D eigenvalue weighted by molar-refractivity contribution is 0.0520. The van der Waals surface area contributed by atoms with Gasteiger partial charge in [0.15, 0.2) is 0 Å². The van der Waals surface area contributed by atoms with Gasteiger partial charge in [-0.2, -0.15) is 0 Å². The van der Waals surface area contributed by atoms with Crippen LogP contribution in [0.3, 0.4) is 0 Å². The number of benzene rings is 2. The fraction of sp³-hybridized carbons (Fsp3) is 0.458. The van der Waals surface area contributed by atoms with Crippen molar-refractivity contribution in [2.75, 3.05) is 13.2 Å². The van der Waals surface area contributed by atoms with Crippen molar-refractivity contribution in [3.05, 3.63) is 53.6 Å². The van der Waals surface area contributed by atoms with Gasteiger partial charge < -0.3 is 20.1 Å². The van der Waals surface area contributed by atoms with E-state index in [4.69, 9.17) is 9.47 Å². The molecule has 5 heteroatoms. The van der Waals surface area contributed by atoms with Crippen LogP contribution in [0.5, 0.6) is 5.75 Å². The van der Waals surface area contributed by atoms with Crippen molar-refractivity contribution < 1.29 is 14.3 Å². The van der Waals surface area contributed by atoms with Crippen LogP contribution in [0.1, 0.15) is 44.7 Å². The van der Waals surface area contributed by atoms with E-state index in [0.717, 1.165) is 17.9 Å². The summed E-state index contributed by atoms with van der Waals surface area (Å²) in [6, 6.07) is 15.4. The Morgan fingerprint density at radius 3 is 2.59 bits per heavy atom. The van der Waals surface area contributed by atoms with Crippen LogP contribution in [0.2, 0.25) is 0 Å². The zero-order chi connectivity index (χ0) is 20.9. The Bertz CT molecular complexity index is 838. The largest absolute Gasteiger partial charge is 0.492 e. The molecule has 1 fully saturated rings. The number of hydrogen-bond donors (Lipinski definition) is 2. The number of amides is 1. The van der Waals surface area contributed by atoms with Crippen molar-refractivity contribution in [2.24, 2.45) is 0 Å². The molecule has 0 saturated heterocycles. The van der Waals surface area contributed by atoms with Gasteiger partial charge in [0.25, 0.3) is 0 Å². The van der Waals surface area contributed by atoms with Gasteiger partial charge >= 0.3 is 6.09 Å². The van der Waals surface area contributed by atoms with Gasteiger partial charge in [-0.25, -0.2) is 4.79 Å². The highest BCUT2D eigenvalue weighted by atomic mass is 16.6. The second-order valence-corrected chi connectivity index (χ2v) is 8.61. The van der Waals surface area contributed by atoms with E-state index >= 15 is 0 Å². The van der Waals surface area contributed by atoms with Crippen LogP contribution in [0.4, 0.5) is 4.79 Å². The van der Waals surface area contributed by atoms with Crippen molar-refractivity contribution in [3.63, 3.8) is 0 Å². The highest BCUT2D eigenvalue weighted by Crippen LogP contribution is 2.29. The third-order valence-electron chi connectivity index (χ3n) is 4.63. The Hall–Kier alpha value is -2.53. The third kappa shape index (κ3) is 7.09. The molecule has 0 radical (unpaired) electrons. The molecular weight excluding hydrogens is 364 g/mol. The molecule has 1 aliphatic carbocycles. The molecule has 0 atom stereocenters. The fourth-order valence-corrected chi connectivity index (χ4v) is 3.08. The van der Waals surface area contributed by atoms with Crippen LogP contribution >= 0.6 is 0 Å². The van der Waals surface area contributed by atoms with Crippen molar-refractivity contribution >= 4 is 6.09 Å². The Morgan fingerprint density at radius 2 is 1.90 bits per heavy atom. The van der Waals surface area contributed by atoms with E-state index in [2.05, 4.69) is 60.0 Å².